The van der Waals surface area contributed by atoms with Gasteiger partial charge in [0, 0.05) is 10.7 Å². The summed E-state index contributed by atoms with van der Waals surface area (Å²) in [6.45, 7) is 0. The Morgan fingerprint density at radius 3 is 2.33 bits per heavy atom. The largest absolute Gasteiger partial charge is 0.480 e. The summed E-state index contributed by atoms with van der Waals surface area (Å²) in [4.78, 5) is 10.2. The molecule has 0 saturated carbocycles. The van der Waals surface area contributed by atoms with Crippen molar-refractivity contribution >= 4 is 40.5 Å². The van der Waals surface area contributed by atoms with Crippen LogP contribution in [0.5, 0.6) is 0 Å². The Balaban J connectivity index is 3.01. The molecule has 0 radical (unpaired) electrons. The van der Waals surface area contributed by atoms with E-state index in [-0.39, 0.29) is 10.7 Å². The van der Waals surface area contributed by atoms with Gasteiger partial charge < -0.3 is 20.6 Å². The maximum absolute atomic E-state index is 13.0. The topological polar surface area (TPSA) is 89.8 Å². The van der Waals surface area contributed by atoms with Crippen LogP contribution in [0.1, 0.15) is 0 Å². The number of nitrogens with one attached hydrogen (secondary N) is 1. The molecule has 0 aliphatic heterocycles. The van der Waals surface area contributed by atoms with E-state index in [0.29, 0.717) is 0 Å². The van der Waals surface area contributed by atoms with E-state index in [9.17, 15) is 9.18 Å². The van der Waals surface area contributed by atoms with Crippen molar-refractivity contribution in [3.8, 4) is 0 Å². The molecule has 0 unspecified atom stereocenters. The summed E-state index contributed by atoms with van der Waals surface area (Å²) in [5.41, 5.74) is -0.810. The molecule has 4 N–H and O–H groups in total. The average Bonchev–Trinajstić information content (AvgIpc) is 2.13. The highest BCUT2D eigenvalue weighted by Crippen LogP contribution is 2.19. The number of aliphatic hydroxyl groups is 2. The van der Waals surface area contributed by atoms with Gasteiger partial charge in [0.25, 0.3) is 5.95 Å². The van der Waals surface area contributed by atoms with E-state index in [0.717, 1.165) is 12.1 Å². The Bertz CT molecular complexity index is 522. The molecule has 0 amide bonds. The van der Waals surface area contributed by atoms with E-state index >= 15 is 0 Å². The molecule has 0 aliphatic carbocycles. The van der Waals surface area contributed by atoms with Crippen LogP contribution in [0.15, 0.2) is 29.7 Å². The predicted molar refractivity (Wildman–Crippen MR) is 67.6 cm³/mol. The number of carbonyl (C=O) groups is 1. The number of carboxylic acids is 1. The van der Waals surface area contributed by atoms with Crippen molar-refractivity contribution in [2.75, 3.05) is 5.32 Å². The second-order valence-electron chi connectivity index (χ2n) is 3.12. The number of benzene rings is 1. The van der Waals surface area contributed by atoms with Gasteiger partial charge in [0.15, 0.2) is 5.57 Å². The van der Waals surface area contributed by atoms with Crippen LogP contribution in [0.3, 0.4) is 0 Å². The normalized spacial score (nSPS) is 9.67. The summed E-state index contributed by atoms with van der Waals surface area (Å²) in [5, 5.41) is 28.6. The van der Waals surface area contributed by atoms with Crippen LogP contribution in [-0.4, -0.2) is 26.3 Å². The predicted octanol–water partition coefficient (Wildman–Crippen LogP) is 2.63. The summed E-state index contributed by atoms with van der Waals surface area (Å²) in [6.07, 6.45) is 0. The third-order valence-corrected chi connectivity index (χ3v) is 2.31. The number of aliphatic hydroxyl groups excluding tert-OH is 1. The van der Waals surface area contributed by atoms with Crippen molar-refractivity contribution in [1.82, 2.24) is 0 Å². The van der Waals surface area contributed by atoms with Gasteiger partial charge in [-0.05, 0) is 18.2 Å². The zero-order chi connectivity index (χ0) is 13.9. The molecule has 0 aromatic heterocycles. The molecule has 0 saturated heterocycles. The number of carboxylic acid groups (broad SMARTS) is 1. The lowest BCUT2D eigenvalue weighted by Gasteiger charge is -2.08. The molecule has 96 valence electrons. The van der Waals surface area contributed by atoms with E-state index < -0.39 is 28.3 Å². The first-order chi connectivity index (χ1) is 8.31. The van der Waals surface area contributed by atoms with E-state index in [4.69, 9.17) is 26.9 Å². The molecule has 0 atom stereocenters. The standard InChI is InChI=1S/C10H7ClFNO4S/c11-4-1-5(12)3-6(2-4)13-8(18)7(9(14)15)10(16)17/h1-3,14-15H,(H,13,18)(H,16,17). The lowest BCUT2D eigenvalue weighted by molar-refractivity contribution is -0.132. The second kappa shape index (κ2) is 5.65. The number of halogens is 2. The number of hydrogen-bond acceptors (Lipinski definition) is 4. The minimum Gasteiger partial charge on any atom is -0.480 e. The van der Waals surface area contributed by atoms with E-state index in [1.54, 1.807) is 0 Å². The summed E-state index contributed by atoms with van der Waals surface area (Å²) in [7, 11) is 0. The van der Waals surface area contributed by atoms with Crippen LogP contribution in [0.4, 0.5) is 10.1 Å². The fourth-order valence-corrected chi connectivity index (χ4v) is 1.63. The van der Waals surface area contributed by atoms with Gasteiger partial charge in [0.1, 0.15) is 10.8 Å². The first kappa shape index (κ1) is 14.2. The molecule has 1 aromatic carbocycles. The fourth-order valence-electron chi connectivity index (χ4n) is 1.11. The van der Waals surface area contributed by atoms with Gasteiger partial charge in [0.2, 0.25) is 0 Å². The summed E-state index contributed by atoms with van der Waals surface area (Å²) in [6, 6.07) is 3.37. The molecule has 0 aliphatic rings. The van der Waals surface area contributed by atoms with Gasteiger partial charge in [-0.1, -0.05) is 23.8 Å². The summed E-state index contributed by atoms with van der Waals surface area (Å²) >= 11 is 10.2. The van der Waals surface area contributed by atoms with Crippen molar-refractivity contribution in [2.24, 2.45) is 0 Å². The minimum atomic E-state index is -1.63. The number of anilines is 1. The van der Waals surface area contributed by atoms with Gasteiger partial charge in [-0.2, -0.15) is 0 Å². The highest BCUT2D eigenvalue weighted by Gasteiger charge is 2.20. The Morgan fingerprint density at radius 2 is 1.89 bits per heavy atom. The van der Waals surface area contributed by atoms with Gasteiger partial charge in [0.05, 0.1) is 0 Å². The van der Waals surface area contributed by atoms with Gasteiger partial charge in [-0.15, -0.1) is 0 Å². The number of aliphatic carboxylic acids is 1. The molecule has 1 aromatic rings. The molecule has 5 nitrogen and oxygen atoms in total. The molecular formula is C10H7ClFNO4S. The molecule has 18 heavy (non-hydrogen) atoms. The minimum absolute atomic E-state index is 0.0781. The van der Waals surface area contributed by atoms with Gasteiger partial charge in [-0.25, -0.2) is 9.18 Å². The highest BCUT2D eigenvalue weighted by molar-refractivity contribution is 7.81. The van der Waals surface area contributed by atoms with Gasteiger partial charge in [-0.3, -0.25) is 0 Å². The maximum atomic E-state index is 13.0. The van der Waals surface area contributed by atoms with E-state index in [2.05, 4.69) is 17.5 Å². The van der Waals surface area contributed by atoms with Crippen molar-refractivity contribution in [2.45, 2.75) is 0 Å². The molecule has 0 fully saturated rings. The average molecular weight is 292 g/mol. The molecule has 0 bridgehead atoms. The van der Waals surface area contributed by atoms with Crippen LogP contribution >= 0.6 is 23.8 Å². The van der Waals surface area contributed by atoms with E-state index in [1.165, 1.54) is 6.07 Å². The van der Waals surface area contributed by atoms with E-state index in [1.807, 2.05) is 0 Å². The van der Waals surface area contributed by atoms with Crippen LogP contribution < -0.4 is 5.32 Å². The Labute approximate surface area is 111 Å². The van der Waals surface area contributed by atoms with Crippen molar-refractivity contribution < 1.29 is 24.5 Å². The molecule has 1 rings (SSSR count). The second-order valence-corrected chi connectivity index (χ2v) is 3.96. The smallest absolute Gasteiger partial charge is 0.346 e. The third kappa shape index (κ3) is 3.57. The Morgan fingerprint density at radius 1 is 1.28 bits per heavy atom. The number of thiocarbonyl (C=S) groups is 1. The van der Waals surface area contributed by atoms with Crippen LogP contribution in [0.2, 0.25) is 5.02 Å². The summed E-state index contributed by atoms with van der Waals surface area (Å²) in [5.74, 6) is -3.72. The first-order valence-corrected chi connectivity index (χ1v) is 5.23. The zero-order valence-electron chi connectivity index (χ0n) is 8.65. The van der Waals surface area contributed by atoms with Crippen molar-refractivity contribution in [3.63, 3.8) is 0 Å². The number of hydrogen-bond donors (Lipinski definition) is 4. The maximum Gasteiger partial charge on any atom is 0.346 e. The lowest BCUT2D eigenvalue weighted by atomic mass is 10.2. The van der Waals surface area contributed by atoms with Crippen molar-refractivity contribution in [1.29, 1.82) is 0 Å². The SMILES string of the molecule is O=C(O)C(C(=S)Nc1cc(F)cc(Cl)c1)=C(O)O. The zero-order valence-corrected chi connectivity index (χ0v) is 10.2. The Hall–Kier alpha value is -1.86. The Kier molecular flexibility index (Phi) is 4.46. The van der Waals surface area contributed by atoms with Crippen LogP contribution in [0.25, 0.3) is 0 Å². The number of rotatable bonds is 3. The van der Waals surface area contributed by atoms with Crippen LogP contribution in [-0.2, 0) is 4.79 Å². The van der Waals surface area contributed by atoms with Gasteiger partial charge >= 0.3 is 5.97 Å². The monoisotopic (exact) mass is 291 g/mol. The molecule has 0 spiro atoms. The summed E-state index contributed by atoms with van der Waals surface area (Å²) < 4.78 is 13.0. The first-order valence-electron chi connectivity index (χ1n) is 4.44. The fraction of sp³-hybridized carbons (Fsp3) is 0. The third-order valence-electron chi connectivity index (χ3n) is 1.78. The van der Waals surface area contributed by atoms with Crippen molar-refractivity contribution in [3.05, 3.63) is 40.6 Å². The highest BCUT2D eigenvalue weighted by atomic mass is 35.5. The quantitative estimate of drug-likeness (QED) is 0.389. The molecular weight excluding hydrogens is 285 g/mol. The lowest BCUT2D eigenvalue weighted by Crippen LogP contribution is -2.20. The molecule has 8 heteroatoms. The van der Waals surface area contributed by atoms with Crippen LogP contribution in [0, 0.1) is 5.82 Å². The molecule has 0 heterocycles.